The molecule has 2 rings (SSSR count). The summed E-state index contributed by atoms with van der Waals surface area (Å²) in [7, 11) is 1.89. The van der Waals surface area contributed by atoms with Gasteiger partial charge in [-0.3, -0.25) is 0 Å². The van der Waals surface area contributed by atoms with E-state index in [0.29, 0.717) is 5.92 Å². The molecule has 0 aliphatic rings. The van der Waals surface area contributed by atoms with E-state index in [-0.39, 0.29) is 0 Å². The van der Waals surface area contributed by atoms with Crippen molar-refractivity contribution in [2.45, 2.75) is 26.7 Å². The second-order valence-corrected chi connectivity index (χ2v) is 5.12. The second-order valence-electron chi connectivity index (χ2n) is 4.37. The van der Waals surface area contributed by atoms with Gasteiger partial charge in [0.2, 0.25) is 0 Å². The van der Waals surface area contributed by atoms with Crippen LogP contribution in [-0.4, -0.2) is 17.0 Å². The van der Waals surface area contributed by atoms with E-state index >= 15 is 0 Å². The van der Waals surface area contributed by atoms with E-state index in [1.165, 1.54) is 5.56 Å². The minimum atomic E-state index is 0.405. The molecule has 0 atom stereocenters. The van der Waals surface area contributed by atoms with Crippen LogP contribution in [0.4, 0.5) is 5.82 Å². The third kappa shape index (κ3) is 2.47. The predicted octanol–water partition coefficient (Wildman–Crippen LogP) is 3.68. The van der Waals surface area contributed by atoms with E-state index in [0.717, 1.165) is 22.9 Å². The van der Waals surface area contributed by atoms with Crippen LogP contribution in [-0.2, 0) is 0 Å². The van der Waals surface area contributed by atoms with Crippen molar-refractivity contribution in [2.24, 2.45) is 0 Å². The molecular formula is C13H17N3S. The summed E-state index contributed by atoms with van der Waals surface area (Å²) >= 11 is 1.69. The third-order valence-corrected chi connectivity index (χ3v) is 3.55. The Morgan fingerprint density at radius 1 is 1.24 bits per heavy atom. The fourth-order valence-electron chi connectivity index (χ4n) is 1.60. The lowest BCUT2D eigenvalue weighted by Gasteiger charge is -2.09. The van der Waals surface area contributed by atoms with Crippen LogP contribution in [0.15, 0.2) is 16.8 Å². The Labute approximate surface area is 106 Å². The maximum Gasteiger partial charge on any atom is 0.162 e. The van der Waals surface area contributed by atoms with Crippen molar-refractivity contribution in [3.63, 3.8) is 0 Å². The number of hydrogen-bond acceptors (Lipinski definition) is 4. The number of aryl methyl sites for hydroxylation is 1. The molecule has 0 aromatic carbocycles. The van der Waals surface area contributed by atoms with E-state index in [4.69, 9.17) is 0 Å². The highest BCUT2D eigenvalue weighted by Crippen LogP contribution is 2.26. The molecule has 0 aliphatic heterocycles. The lowest BCUT2D eigenvalue weighted by atomic mass is 10.1. The highest BCUT2D eigenvalue weighted by Gasteiger charge is 2.11. The summed E-state index contributed by atoms with van der Waals surface area (Å²) < 4.78 is 0. The van der Waals surface area contributed by atoms with E-state index in [1.54, 1.807) is 11.3 Å². The maximum atomic E-state index is 4.64. The van der Waals surface area contributed by atoms with Crippen molar-refractivity contribution < 1.29 is 0 Å². The topological polar surface area (TPSA) is 37.8 Å². The first kappa shape index (κ1) is 12.0. The van der Waals surface area contributed by atoms with Gasteiger partial charge in [0.1, 0.15) is 5.82 Å². The number of nitrogens with zero attached hydrogens (tertiary/aromatic N) is 2. The molecular weight excluding hydrogens is 230 g/mol. The Balaban J connectivity index is 2.54. The molecule has 0 bridgehead atoms. The monoisotopic (exact) mass is 247 g/mol. The summed E-state index contributed by atoms with van der Waals surface area (Å²) in [6.45, 7) is 6.38. The van der Waals surface area contributed by atoms with Crippen LogP contribution in [0.1, 0.15) is 31.0 Å². The van der Waals surface area contributed by atoms with Crippen molar-refractivity contribution >= 4 is 17.2 Å². The van der Waals surface area contributed by atoms with Gasteiger partial charge in [0.15, 0.2) is 5.82 Å². The Kier molecular flexibility index (Phi) is 3.43. The van der Waals surface area contributed by atoms with Crippen LogP contribution in [0.25, 0.3) is 11.4 Å². The molecule has 3 nitrogen and oxygen atoms in total. The van der Waals surface area contributed by atoms with Crippen LogP contribution < -0.4 is 5.32 Å². The van der Waals surface area contributed by atoms with Crippen molar-refractivity contribution in [3.8, 4) is 11.4 Å². The average molecular weight is 247 g/mol. The van der Waals surface area contributed by atoms with Gasteiger partial charge in [-0.05, 0) is 23.8 Å². The van der Waals surface area contributed by atoms with Gasteiger partial charge in [-0.15, -0.1) is 0 Å². The molecule has 0 saturated carbocycles. The summed E-state index contributed by atoms with van der Waals surface area (Å²) in [5, 5.41) is 7.33. The fraction of sp³-hybridized carbons (Fsp3) is 0.385. The normalized spacial score (nSPS) is 10.9. The van der Waals surface area contributed by atoms with Crippen LogP contribution >= 0.6 is 11.3 Å². The van der Waals surface area contributed by atoms with Crippen LogP contribution in [0.3, 0.4) is 0 Å². The first-order valence-corrected chi connectivity index (χ1v) is 6.66. The van der Waals surface area contributed by atoms with Gasteiger partial charge in [-0.25, -0.2) is 9.97 Å². The Morgan fingerprint density at radius 3 is 2.53 bits per heavy atom. The molecule has 0 radical (unpaired) electrons. The van der Waals surface area contributed by atoms with Crippen LogP contribution in [0.5, 0.6) is 0 Å². The van der Waals surface area contributed by atoms with E-state index in [9.17, 15) is 0 Å². The largest absolute Gasteiger partial charge is 0.373 e. The van der Waals surface area contributed by atoms with E-state index in [2.05, 4.69) is 46.8 Å². The average Bonchev–Trinajstić information content (AvgIpc) is 2.74. The Hall–Kier alpha value is -1.42. The van der Waals surface area contributed by atoms with Crippen molar-refractivity contribution in [2.75, 3.05) is 12.4 Å². The molecule has 4 heteroatoms. The van der Waals surface area contributed by atoms with Gasteiger partial charge in [0.25, 0.3) is 0 Å². The number of rotatable bonds is 3. The Morgan fingerprint density at radius 2 is 2.00 bits per heavy atom. The van der Waals surface area contributed by atoms with E-state index in [1.807, 2.05) is 13.1 Å². The first-order valence-electron chi connectivity index (χ1n) is 5.71. The standard InChI is InChI=1S/C13H17N3S/c1-8(2)11-5-12(14-4)16-13(15-11)10-7-17-6-9(10)3/h5-8H,1-4H3,(H,14,15,16). The number of aromatic nitrogens is 2. The number of thiophene rings is 1. The van der Waals surface area contributed by atoms with Gasteiger partial charge in [0, 0.05) is 29.8 Å². The summed E-state index contributed by atoms with van der Waals surface area (Å²) in [5.41, 5.74) is 3.44. The first-order chi connectivity index (χ1) is 8.11. The van der Waals surface area contributed by atoms with Crippen LogP contribution in [0.2, 0.25) is 0 Å². The molecule has 90 valence electrons. The molecule has 2 aromatic rings. The minimum absolute atomic E-state index is 0.405. The lowest BCUT2D eigenvalue weighted by Crippen LogP contribution is -2.02. The number of hydrogen-bond donors (Lipinski definition) is 1. The van der Waals surface area contributed by atoms with Gasteiger partial charge < -0.3 is 5.32 Å². The minimum Gasteiger partial charge on any atom is -0.373 e. The summed E-state index contributed by atoms with van der Waals surface area (Å²) in [5.74, 6) is 2.10. The molecule has 0 aliphatic carbocycles. The molecule has 2 heterocycles. The van der Waals surface area contributed by atoms with Gasteiger partial charge >= 0.3 is 0 Å². The lowest BCUT2D eigenvalue weighted by molar-refractivity contribution is 0.817. The molecule has 0 amide bonds. The van der Waals surface area contributed by atoms with E-state index < -0.39 is 0 Å². The fourth-order valence-corrected chi connectivity index (χ4v) is 2.43. The summed E-state index contributed by atoms with van der Waals surface area (Å²) in [4.78, 5) is 9.16. The summed E-state index contributed by atoms with van der Waals surface area (Å²) in [6, 6.07) is 2.01. The zero-order chi connectivity index (χ0) is 12.4. The molecule has 0 unspecified atom stereocenters. The molecule has 0 spiro atoms. The van der Waals surface area contributed by atoms with Crippen molar-refractivity contribution in [1.29, 1.82) is 0 Å². The SMILES string of the molecule is CNc1cc(C(C)C)nc(-c2cscc2C)n1. The van der Waals surface area contributed by atoms with Gasteiger partial charge in [-0.1, -0.05) is 13.8 Å². The number of anilines is 1. The second kappa shape index (κ2) is 4.84. The summed E-state index contributed by atoms with van der Waals surface area (Å²) in [6.07, 6.45) is 0. The zero-order valence-electron chi connectivity index (χ0n) is 10.6. The smallest absolute Gasteiger partial charge is 0.162 e. The molecule has 0 saturated heterocycles. The quantitative estimate of drug-likeness (QED) is 0.899. The molecule has 2 aromatic heterocycles. The number of nitrogens with one attached hydrogen (secondary N) is 1. The third-order valence-electron chi connectivity index (χ3n) is 2.69. The van der Waals surface area contributed by atoms with Gasteiger partial charge in [0.05, 0.1) is 0 Å². The Bertz CT molecular complexity index is 517. The van der Waals surface area contributed by atoms with Crippen LogP contribution in [0, 0.1) is 6.92 Å². The molecule has 1 N–H and O–H groups in total. The maximum absolute atomic E-state index is 4.64. The van der Waals surface area contributed by atoms with Crippen molar-refractivity contribution in [3.05, 3.63) is 28.1 Å². The molecule has 17 heavy (non-hydrogen) atoms. The zero-order valence-corrected chi connectivity index (χ0v) is 11.4. The predicted molar refractivity (Wildman–Crippen MR) is 73.7 cm³/mol. The highest BCUT2D eigenvalue weighted by atomic mass is 32.1. The highest BCUT2D eigenvalue weighted by molar-refractivity contribution is 7.08. The van der Waals surface area contributed by atoms with Gasteiger partial charge in [-0.2, -0.15) is 11.3 Å². The van der Waals surface area contributed by atoms with Crippen molar-refractivity contribution in [1.82, 2.24) is 9.97 Å². The molecule has 0 fully saturated rings.